The van der Waals surface area contributed by atoms with E-state index in [9.17, 15) is 14.4 Å². The van der Waals surface area contributed by atoms with Gasteiger partial charge in [0.15, 0.2) is 5.78 Å². The molecular weight excluding hydrogens is 316 g/mol. The van der Waals surface area contributed by atoms with Crippen molar-refractivity contribution < 1.29 is 14.4 Å². The van der Waals surface area contributed by atoms with Crippen molar-refractivity contribution in [3.05, 3.63) is 41.5 Å². The smallest absolute Gasteiger partial charge is 0.240 e. The van der Waals surface area contributed by atoms with Crippen LogP contribution in [0.4, 0.5) is 5.69 Å². The number of hydrogen-bond acceptors (Lipinski definition) is 3. The molecule has 0 aromatic heterocycles. The lowest BCUT2D eigenvalue weighted by molar-refractivity contribution is -0.123. The molecule has 0 aliphatic heterocycles. The highest BCUT2D eigenvalue weighted by Gasteiger charge is 2.16. The molecule has 0 heterocycles. The molecule has 0 radical (unpaired) electrons. The molecule has 1 N–H and O–H groups in total. The van der Waals surface area contributed by atoms with Gasteiger partial charge >= 0.3 is 0 Å². The third-order valence-corrected chi connectivity index (χ3v) is 4.42. The lowest BCUT2D eigenvalue weighted by Gasteiger charge is -2.21. The van der Waals surface area contributed by atoms with Gasteiger partial charge in [-0.3, -0.25) is 14.4 Å². The minimum atomic E-state index is -0.208. The van der Waals surface area contributed by atoms with Crippen LogP contribution in [0.5, 0.6) is 0 Å². The first kappa shape index (κ1) is 18.9. The second-order valence-corrected chi connectivity index (χ2v) is 6.42. The largest absolute Gasteiger partial charge is 0.354 e. The number of rotatable bonds is 7. The van der Waals surface area contributed by atoms with Gasteiger partial charge in [0.1, 0.15) is 6.54 Å². The lowest BCUT2D eigenvalue weighted by Crippen LogP contribution is -2.40. The summed E-state index contributed by atoms with van der Waals surface area (Å²) >= 11 is 0. The molecule has 5 nitrogen and oxygen atoms in total. The zero-order valence-electron chi connectivity index (χ0n) is 15.0. The number of Topliss-reactive ketones (excluding diaryl/α,β-unsaturated/α-hetero) is 1. The molecular formula is C20H26N2O3. The Hall–Kier alpha value is -2.43. The Labute approximate surface area is 149 Å². The molecule has 0 saturated heterocycles. The maximum atomic E-state index is 12.2. The summed E-state index contributed by atoms with van der Waals surface area (Å²) in [6.07, 6.45) is 7.89. The number of allylic oxidation sites excluding steroid dienone is 1. The second kappa shape index (κ2) is 9.16. The predicted molar refractivity (Wildman–Crippen MR) is 98.7 cm³/mol. The molecule has 0 bridgehead atoms. The number of hydrogen-bond donors (Lipinski definition) is 1. The van der Waals surface area contributed by atoms with E-state index in [0.717, 1.165) is 19.3 Å². The Morgan fingerprint density at radius 2 is 1.80 bits per heavy atom. The van der Waals surface area contributed by atoms with E-state index in [0.29, 0.717) is 17.8 Å². The molecule has 2 amide bonds. The highest BCUT2D eigenvalue weighted by molar-refractivity contribution is 5.98. The van der Waals surface area contributed by atoms with Crippen LogP contribution in [0.2, 0.25) is 0 Å². The highest BCUT2D eigenvalue weighted by Crippen LogP contribution is 2.19. The maximum Gasteiger partial charge on any atom is 0.240 e. The standard InChI is InChI=1S/C20H26N2O3/c1-15(23)18-8-10-19(11-9-18)22(16(2)24)14-20(25)21-13-12-17-6-4-3-5-7-17/h6,8-11H,3-5,7,12-14H2,1-2H3,(H,21,25). The molecule has 1 aromatic carbocycles. The van der Waals surface area contributed by atoms with Crippen LogP contribution in [0.15, 0.2) is 35.9 Å². The lowest BCUT2D eigenvalue weighted by atomic mass is 9.97. The fourth-order valence-corrected chi connectivity index (χ4v) is 2.95. The monoisotopic (exact) mass is 342 g/mol. The highest BCUT2D eigenvalue weighted by atomic mass is 16.2. The summed E-state index contributed by atoms with van der Waals surface area (Å²) in [4.78, 5) is 36.8. The average Bonchev–Trinajstić information content (AvgIpc) is 2.60. The molecule has 1 aromatic rings. The summed E-state index contributed by atoms with van der Waals surface area (Å²) in [5.41, 5.74) is 2.61. The van der Waals surface area contributed by atoms with Crippen molar-refractivity contribution in [1.29, 1.82) is 0 Å². The van der Waals surface area contributed by atoms with Crippen molar-refractivity contribution in [3.8, 4) is 0 Å². The zero-order valence-corrected chi connectivity index (χ0v) is 15.0. The second-order valence-electron chi connectivity index (χ2n) is 6.42. The Kier molecular flexibility index (Phi) is 6.92. The van der Waals surface area contributed by atoms with Gasteiger partial charge in [-0.25, -0.2) is 0 Å². The van der Waals surface area contributed by atoms with Crippen LogP contribution in [0.25, 0.3) is 0 Å². The first-order chi connectivity index (χ1) is 12.0. The van der Waals surface area contributed by atoms with Crippen molar-refractivity contribution in [1.82, 2.24) is 5.32 Å². The molecule has 2 rings (SSSR count). The molecule has 0 fully saturated rings. The van der Waals surface area contributed by atoms with E-state index in [-0.39, 0.29) is 24.1 Å². The summed E-state index contributed by atoms with van der Waals surface area (Å²) < 4.78 is 0. The van der Waals surface area contributed by atoms with E-state index in [1.165, 1.54) is 37.2 Å². The van der Waals surface area contributed by atoms with E-state index in [1.54, 1.807) is 24.3 Å². The summed E-state index contributed by atoms with van der Waals surface area (Å²) in [5.74, 6) is -0.418. The van der Waals surface area contributed by atoms with Crippen molar-refractivity contribution >= 4 is 23.3 Å². The van der Waals surface area contributed by atoms with Crippen LogP contribution in [0, 0.1) is 0 Å². The average molecular weight is 342 g/mol. The first-order valence-electron chi connectivity index (χ1n) is 8.81. The van der Waals surface area contributed by atoms with Gasteiger partial charge in [-0.1, -0.05) is 11.6 Å². The number of ketones is 1. The van der Waals surface area contributed by atoms with E-state index in [2.05, 4.69) is 11.4 Å². The van der Waals surface area contributed by atoms with Gasteiger partial charge in [0.25, 0.3) is 0 Å². The van der Waals surface area contributed by atoms with E-state index in [4.69, 9.17) is 0 Å². The molecule has 0 saturated carbocycles. The van der Waals surface area contributed by atoms with Crippen molar-refractivity contribution in [2.24, 2.45) is 0 Å². The van der Waals surface area contributed by atoms with E-state index in [1.807, 2.05) is 0 Å². The number of carbonyl (C=O) groups excluding carboxylic acids is 3. The molecule has 0 unspecified atom stereocenters. The first-order valence-corrected chi connectivity index (χ1v) is 8.81. The number of nitrogens with one attached hydrogen (secondary N) is 1. The van der Waals surface area contributed by atoms with Gasteiger partial charge in [0, 0.05) is 24.7 Å². The van der Waals surface area contributed by atoms with Gasteiger partial charge in [-0.05, 0) is 63.3 Å². The van der Waals surface area contributed by atoms with Crippen LogP contribution in [0.1, 0.15) is 56.3 Å². The van der Waals surface area contributed by atoms with Crippen molar-refractivity contribution in [2.75, 3.05) is 18.0 Å². The minimum absolute atomic E-state index is 0.0200. The SMILES string of the molecule is CC(=O)c1ccc(N(CC(=O)NCCC2=CCCCC2)C(C)=O)cc1. The van der Waals surface area contributed by atoms with Gasteiger partial charge < -0.3 is 10.2 Å². The van der Waals surface area contributed by atoms with Crippen LogP contribution in [-0.2, 0) is 9.59 Å². The van der Waals surface area contributed by atoms with Crippen molar-refractivity contribution in [2.45, 2.75) is 46.0 Å². The number of carbonyl (C=O) groups is 3. The van der Waals surface area contributed by atoms with Crippen LogP contribution < -0.4 is 10.2 Å². The molecule has 5 heteroatoms. The summed E-state index contributed by atoms with van der Waals surface area (Å²) in [5, 5.41) is 2.89. The topological polar surface area (TPSA) is 66.5 Å². The Morgan fingerprint density at radius 3 is 2.36 bits per heavy atom. The quantitative estimate of drug-likeness (QED) is 0.611. The predicted octanol–water partition coefficient (Wildman–Crippen LogP) is 3.25. The van der Waals surface area contributed by atoms with Gasteiger partial charge in [-0.15, -0.1) is 0 Å². The normalized spacial score (nSPS) is 13.8. The molecule has 1 aliphatic carbocycles. The summed E-state index contributed by atoms with van der Waals surface area (Å²) in [6, 6.07) is 6.72. The van der Waals surface area contributed by atoms with E-state index >= 15 is 0 Å². The van der Waals surface area contributed by atoms with E-state index < -0.39 is 0 Å². The fraction of sp³-hybridized carbons (Fsp3) is 0.450. The van der Waals surface area contributed by atoms with Crippen molar-refractivity contribution in [3.63, 3.8) is 0 Å². The number of amides is 2. The van der Waals surface area contributed by atoms with Gasteiger partial charge in [0.05, 0.1) is 0 Å². The summed E-state index contributed by atoms with van der Waals surface area (Å²) in [7, 11) is 0. The van der Waals surface area contributed by atoms with Gasteiger partial charge in [0.2, 0.25) is 11.8 Å². The van der Waals surface area contributed by atoms with Crippen LogP contribution >= 0.6 is 0 Å². The third kappa shape index (κ3) is 5.85. The minimum Gasteiger partial charge on any atom is -0.354 e. The number of nitrogens with zero attached hydrogens (tertiary/aromatic N) is 1. The fourth-order valence-electron chi connectivity index (χ4n) is 2.95. The van der Waals surface area contributed by atoms with Gasteiger partial charge in [-0.2, -0.15) is 0 Å². The molecule has 0 spiro atoms. The molecule has 0 atom stereocenters. The maximum absolute atomic E-state index is 12.2. The number of anilines is 1. The number of benzene rings is 1. The van der Waals surface area contributed by atoms with Crippen LogP contribution in [-0.4, -0.2) is 30.7 Å². The summed E-state index contributed by atoms with van der Waals surface area (Å²) in [6.45, 7) is 3.50. The Bertz CT molecular complexity index is 662. The molecule has 134 valence electrons. The molecule has 1 aliphatic rings. The zero-order chi connectivity index (χ0) is 18.2. The Balaban J connectivity index is 1.89. The third-order valence-electron chi connectivity index (χ3n) is 4.42. The Morgan fingerprint density at radius 1 is 1.08 bits per heavy atom. The van der Waals surface area contributed by atoms with Crippen LogP contribution in [0.3, 0.4) is 0 Å². The molecule has 25 heavy (non-hydrogen) atoms.